The molecule has 17 heteroatoms. The number of rotatable bonds is 9. The van der Waals surface area contributed by atoms with Gasteiger partial charge in [-0.25, -0.2) is 19.6 Å². The van der Waals surface area contributed by atoms with Crippen LogP contribution in [-0.4, -0.2) is 76.3 Å². The molecule has 2 amide bonds. The number of nitrogens with zero attached hydrogens (tertiary/aromatic N) is 7. The van der Waals surface area contributed by atoms with Gasteiger partial charge in [0.05, 0.1) is 23.7 Å². The van der Waals surface area contributed by atoms with Gasteiger partial charge in [-0.15, -0.1) is 0 Å². The molecule has 0 aliphatic heterocycles. The van der Waals surface area contributed by atoms with Gasteiger partial charge in [0.2, 0.25) is 0 Å². The Kier molecular flexibility index (Phi) is 12.7. The number of nitrogens with one attached hydrogen (secondary N) is 2. The summed E-state index contributed by atoms with van der Waals surface area (Å²) in [4.78, 5) is 53.6. The number of hydrogen-bond donors (Lipinski definition) is 4. The maximum absolute atomic E-state index is 12.7. The first-order chi connectivity index (χ1) is 30.6. The standard InChI is InChI=1S/C27H27N5O4.C19H16AsN5O2/c1-35-26(33)20-13-18(11-12-22(20)31-27(34)36-15-17-7-3-2-4-8-17)21-14-32(19-9-5-6-10-19)25-23(21)24(28)29-16-30-25;20-17-16-14(11-5-6-15(24-19(26)27)12(7-11)8-21)9-25(13-3-1-2-4-13)18(16)23-10-22-17/h2-4,7-8,11-14,16,19H,5-6,9-10,15H2,1H3,(H,31,34)(H2,28,29,30);5-7,9-10,13,24H,1-4H2,(H,26,27). The van der Waals surface area contributed by atoms with Crippen LogP contribution in [0.2, 0.25) is 0 Å². The predicted molar refractivity (Wildman–Crippen MR) is 239 cm³/mol. The van der Waals surface area contributed by atoms with Crippen LogP contribution in [0.1, 0.15) is 84.9 Å². The number of amides is 2. The first-order valence-corrected chi connectivity index (χ1v) is 21.5. The average Bonchev–Trinajstić information content (AvgIpc) is 4.14. The molecule has 4 heterocycles. The van der Waals surface area contributed by atoms with Crippen LogP contribution in [0.4, 0.5) is 26.8 Å². The van der Waals surface area contributed by atoms with Crippen molar-refractivity contribution in [2.24, 2.45) is 0 Å². The third-order valence-electron chi connectivity index (χ3n) is 11.5. The van der Waals surface area contributed by atoms with Crippen molar-refractivity contribution in [1.29, 1.82) is 5.26 Å². The van der Waals surface area contributed by atoms with Crippen molar-refractivity contribution >= 4 is 78.7 Å². The SMILES string of the molecule is COC(=O)c1cc(-c2cn(C3CCCC3)c3ncnc(N)c23)ccc1NC(=O)OCc1ccccc1.N#Cc1cc(-c2cn(C3CCCC3)c3ncnc([As])c23)ccc1NC(=O)O. The first kappa shape index (κ1) is 42.4. The molecule has 0 saturated heterocycles. The molecule has 2 radical (unpaired) electrons. The van der Waals surface area contributed by atoms with Crippen molar-refractivity contribution in [3.8, 4) is 28.3 Å². The molecule has 16 nitrogen and oxygen atoms in total. The Morgan fingerprint density at radius 2 is 1.40 bits per heavy atom. The number of methoxy groups -OCH3 is 1. The van der Waals surface area contributed by atoms with Crippen molar-refractivity contribution in [1.82, 2.24) is 29.1 Å². The molecule has 2 aliphatic carbocycles. The van der Waals surface area contributed by atoms with Crippen molar-refractivity contribution in [2.45, 2.75) is 70.1 Å². The zero-order valence-electron chi connectivity index (χ0n) is 34.3. The number of nitriles is 1. The van der Waals surface area contributed by atoms with Crippen molar-refractivity contribution in [2.75, 3.05) is 23.5 Å². The molecule has 0 bridgehead atoms. The van der Waals surface area contributed by atoms with E-state index in [0.717, 1.165) is 80.0 Å². The number of esters is 1. The van der Waals surface area contributed by atoms with Gasteiger partial charge in [-0.2, -0.15) is 0 Å². The first-order valence-electron chi connectivity index (χ1n) is 20.5. The van der Waals surface area contributed by atoms with Crippen LogP contribution >= 0.6 is 0 Å². The summed E-state index contributed by atoms with van der Waals surface area (Å²) in [5.41, 5.74) is 13.2. The van der Waals surface area contributed by atoms with Crippen molar-refractivity contribution < 1.29 is 29.0 Å². The Balaban J connectivity index is 0.000000180. The second-order valence-electron chi connectivity index (χ2n) is 15.4. The summed E-state index contributed by atoms with van der Waals surface area (Å²) in [6, 6.07) is 22.5. The Labute approximate surface area is 371 Å². The summed E-state index contributed by atoms with van der Waals surface area (Å²) in [6.07, 6.45) is 14.5. The molecule has 3 aromatic carbocycles. The number of benzene rings is 3. The molecule has 0 unspecified atom stereocenters. The zero-order valence-corrected chi connectivity index (χ0v) is 36.2. The van der Waals surface area contributed by atoms with Gasteiger partial charge in [-0.1, -0.05) is 49.2 Å². The van der Waals surface area contributed by atoms with E-state index >= 15 is 0 Å². The summed E-state index contributed by atoms with van der Waals surface area (Å²) in [5.74, 6) is -0.211. The Bertz CT molecular complexity index is 2880. The van der Waals surface area contributed by atoms with Crippen LogP contribution in [0.5, 0.6) is 0 Å². The molecule has 0 atom stereocenters. The van der Waals surface area contributed by atoms with E-state index < -0.39 is 18.2 Å². The molecule has 7 aromatic rings. The van der Waals surface area contributed by atoms with Crippen LogP contribution in [0.15, 0.2) is 91.8 Å². The summed E-state index contributed by atoms with van der Waals surface area (Å²) >= 11 is 2.48. The van der Waals surface area contributed by atoms with Crippen LogP contribution in [0, 0.1) is 11.3 Å². The topological polar surface area (TPSA) is 225 Å². The van der Waals surface area contributed by atoms with Crippen LogP contribution in [0.25, 0.3) is 44.3 Å². The van der Waals surface area contributed by atoms with E-state index in [4.69, 9.17) is 20.3 Å². The molecule has 5 N–H and O–H groups in total. The summed E-state index contributed by atoms with van der Waals surface area (Å²) in [6.45, 7) is 0.109. The van der Waals surface area contributed by atoms with Crippen LogP contribution < -0.4 is 20.8 Å². The quantitative estimate of drug-likeness (QED) is 0.0793. The molecule has 63 heavy (non-hydrogen) atoms. The molecule has 318 valence electrons. The number of carbonyl (C=O) groups excluding carboxylic acids is 2. The van der Waals surface area contributed by atoms with E-state index in [1.807, 2.05) is 48.7 Å². The van der Waals surface area contributed by atoms with Gasteiger partial charge in [0.25, 0.3) is 0 Å². The fourth-order valence-corrected chi connectivity index (χ4v) is 9.10. The van der Waals surface area contributed by atoms with Crippen molar-refractivity contribution in [3.05, 3.63) is 108 Å². The Morgan fingerprint density at radius 1 is 0.810 bits per heavy atom. The van der Waals surface area contributed by atoms with Gasteiger partial charge in [0.1, 0.15) is 24.4 Å². The number of fused-ring (bicyclic) bond motifs is 2. The predicted octanol–water partition coefficient (Wildman–Crippen LogP) is 8.30. The second-order valence-corrected chi connectivity index (χ2v) is 16.3. The monoisotopic (exact) mass is 906 g/mol. The minimum absolute atomic E-state index is 0.109. The number of aromatic nitrogens is 6. The van der Waals surface area contributed by atoms with Gasteiger partial charge < -0.3 is 19.8 Å². The third kappa shape index (κ3) is 9.05. The van der Waals surface area contributed by atoms with E-state index in [1.165, 1.54) is 39.1 Å². The summed E-state index contributed by atoms with van der Waals surface area (Å²) < 4.78 is 15.5. The molecule has 2 fully saturated rings. The Hall–Kier alpha value is -7.24. The molecule has 0 spiro atoms. The Morgan fingerprint density at radius 3 is 2.02 bits per heavy atom. The number of hydrogen-bond acceptors (Lipinski definition) is 11. The van der Waals surface area contributed by atoms with Gasteiger partial charge in [-0.3, -0.25) is 5.32 Å². The number of nitrogens with two attached hydrogens (primary N) is 1. The van der Waals surface area contributed by atoms with Crippen LogP contribution in [0.3, 0.4) is 0 Å². The summed E-state index contributed by atoms with van der Waals surface area (Å²) in [7, 11) is 1.30. The molecule has 9 rings (SSSR count). The zero-order chi connectivity index (χ0) is 44.0. The normalized spacial score (nSPS) is 13.9. The van der Waals surface area contributed by atoms with E-state index in [9.17, 15) is 19.6 Å². The van der Waals surface area contributed by atoms with Crippen molar-refractivity contribution in [3.63, 3.8) is 0 Å². The van der Waals surface area contributed by atoms with Crippen LogP contribution in [-0.2, 0) is 16.1 Å². The van der Waals surface area contributed by atoms with Gasteiger partial charge in [0, 0.05) is 17.8 Å². The van der Waals surface area contributed by atoms with Gasteiger partial charge in [0.15, 0.2) is 0 Å². The average molecular weight is 907 g/mol. The van der Waals surface area contributed by atoms with Gasteiger partial charge >= 0.3 is 176 Å². The second kappa shape index (κ2) is 18.8. The molecule has 2 saturated carbocycles. The number of carbonyl (C=O) groups is 3. The van der Waals surface area contributed by atoms with E-state index in [1.54, 1.807) is 30.6 Å². The number of carboxylic acid groups (broad SMARTS) is 1. The molecule has 4 aromatic heterocycles. The third-order valence-corrected chi connectivity index (χ3v) is 12.3. The fourth-order valence-electron chi connectivity index (χ4n) is 8.53. The molecule has 2 aliphatic rings. The minimum atomic E-state index is -1.20. The summed E-state index contributed by atoms with van der Waals surface area (Å²) in [5, 5.41) is 25.0. The fraction of sp³-hybridized carbons (Fsp3) is 0.261. The van der Waals surface area contributed by atoms with Gasteiger partial charge in [-0.05, 0) is 36.1 Å². The van der Waals surface area contributed by atoms with E-state index in [2.05, 4.69) is 68.8 Å². The number of anilines is 3. The maximum atomic E-state index is 12.7. The molecular weight excluding hydrogens is 863 g/mol. The van der Waals surface area contributed by atoms with E-state index in [0.29, 0.717) is 17.9 Å². The molecular formula is C46H43AsN10O6. The number of nitrogen functional groups attached to an aromatic ring is 1. The van der Waals surface area contributed by atoms with E-state index in [-0.39, 0.29) is 29.1 Å². The number of ether oxygens (including phenoxy) is 2.